The van der Waals surface area contributed by atoms with Gasteiger partial charge in [-0.3, -0.25) is 0 Å². The first-order valence-corrected chi connectivity index (χ1v) is 7.45. The average molecular weight is 303 g/mol. The van der Waals surface area contributed by atoms with Crippen LogP contribution in [0.2, 0.25) is 0 Å². The van der Waals surface area contributed by atoms with E-state index in [2.05, 4.69) is 5.32 Å². The number of hydrogen-bond donors (Lipinski definition) is 3. The number of hydrogen-bond acceptors (Lipinski definition) is 7. The number of nitrogens with one attached hydrogen (secondary N) is 1. The third-order valence-corrected chi connectivity index (χ3v) is 4.26. The monoisotopic (exact) mass is 303 g/mol. The molecule has 0 aliphatic carbocycles. The fraction of sp³-hybridized carbons (Fsp3) is 1.00. The maximum absolute atomic E-state index is 10.5. The Bertz CT molecular complexity index is 397. The second-order valence-electron chi connectivity index (χ2n) is 6.92. The quantitative estimate of drug-likeness (QED) is 0.625. The van der Waals surface area contributed by atoms with Gasteiger partial charge in [-0.1, -0.05) is 0 Å². The van der Waals surface area contributed by atoms with Crippen LogP contribution in [0.5, 0.6) is 0 Å². The first-order valence-electron chi connectivity index (χ1n) is 7.45. The topological polar surface area (TPSA) is 89.4 Å². The molecule has 0 aromatic rings. The zero-order chi connectivity index (χ0) is 15.4. The summed E-state index contributed by atoms with van der Waals surface area (Å²) < 4.78 is 22.6. The van der Waals surface area contributed by atoms with Crippen LogP contribution in [-0.2, 0) is 18.9 Å². The molecule has 6 atom stereocenters. The van der Waals surface area contributed by atoms with Crippen molar-refractivity contribution in [2.24, 2.45) is 0 Å². The lowest BCUT2D eigenvalue weighted by Gasteiger charge is -2.39. The molecule has 0 bridgehead atoms. The van der Waals surface area contributed by atoms with Crippen LogP contribution in [0.15, 0.2) is 0 Å². The lowest BCUT2D eigenvalue weighted by atomic mass is 9.90. The van der Waals surface area contributed by atoms with Gasteiger partial charge in [-0.05, 0) is 27.7 Å². The molecule has 3 aliphatic rings. The molecular formula is C14H25NO6. The van der Waals surface area contributed by atoms with Gasteiger partial charge in [0.2, 0.25) is 0 Å². The summed E-state index contributed by atoms with van der Waals surface area (Å²) in [5.74, 6) is -1.42. The Morgan fingerprint density at radius 2 is 1.81 bits per heavy atom. The van der Waals surface area contributed by atoms with E-state index < -0.39 is 42.0 Å². The van der Waals surface area contributed by atoms with Crippen molar-refractivity contribution in [1.29, 1.82) is 0 Å². The molecule has 0 aromatic heterocycles. The first-order chi connectivity index (χ1) is 9.69. The van der Waals surface area contributed by atoms with Gasteiger partial charge in [0.25, 0.3) is 0 Å². The Kier molecular flexibility index (Phi) is 3.81. The molecular weight excluding hydrogens is 278 g/mol. The Morgan fingerprint density at radius 1 is 1.10 bits per heavy atom. The molecule has 21 heavy (non-hydrogen) atoms. The summed E-state index contributed by atoms with van der Waals surface area (Å²) in [5.41, 5.74) is 0. The van der Waals surface area contributed by atoms with Gasteiger partial charge in [0.05, 0.1) is 12.6 Å². The number of aliphatic hydroxyl groups is 2. The normalized spacial score (nSPS) is 46.3. The molecule has 0 amide bonds. The molecule has 122 valence electrons. The minimum absolute atomic E-state index is 0.212. The van der Waals surface area contributed by atoms with Gasteiger partial charge in [-0.2, -0.15) is 0 Å². The fourth-order valence-electron chi connectivity index (χ4n) is 3.33. The number of rotatable bonds is 2. The van der Waals surface area contributed by atoms with Crippen molar-refractivity contribution in [3.63, 3.8) is 0 Å². The Labute approximate surface area is 124 Å². The Morgan fingerprint density at radius 3 is 2.43 bits per heavy atom. The van der Waals surface area contributed by atoms with Crippen LogP contribution in [0.3, 0.4) is 0 Å². The zero-order valence-corrected chi connectivity index (χ0v) is 12.9. The van der Waals surface area contributed by atoms with Crippen LogP contribution in [0.4, 0.5) is 0 Å². The number of aliphatic hydroxyl groups excluding tert-OH is 2. The van der Waals surface area contributed by atoms with Gasteiger partial charge < -0.3 is 34.5 Å². The van der Waals surface area contributed by atoms with Crippen molar-refractivity contribution in [1.82, 2.24) is 5.32 Å². The molecule has 3 heterocycles. The van der Waals surface area contributed by atoms with E-state index in [-0.39, 0.29) is 6.10 Å². The SMILES string of the molecule is CC1(C)OC[C@H]([C@@H](O)[C@@H]2NC[C@H]3OC(C)(C)O[C@H]3[C@H]2O)O1. The van der Waals surface area contributed by atoms with Gasteiger partial charge in [0.15, 0.2) is 11.6 Å². The van der Waals surface area contributed by atoms with Crippen molar-refractivity contribution in [2.45, 2.75) is 75.8 Å². The number of ether oxygens (including phenoxy) is 4. The number of piperidine rings is 1. The molecule has 3 N–H and O–H groups in total. The van der Waals surface area contributed by atoms with E-state index in [1.165, 1.54) is 0 Å². The standard InChI is InChI=1S/C14H25NO6/c1-13(2)18-6-8(20-13)10(16)9-11(17)12-7(5-15-9)19-14(3,4)21-12/h7-12,15-17H,5-6H2,1-4H3/t7-,8-,9+,10-,11+,12-/m1/s1. The van der Waals surface area contributed by atoms with Crippen molar-refractivity contribution in [3.8, 4) is 0 Å². The lowest BCUT2D eigenvalue weighted by Crippen LogP contribution is -2.64. The molecule has 3 rings (SSSR count). The van der Waals surface area contributed by atoms with Crippen molar-refractivity contribution < 1.29 is 29.2 Å². The van der Waals surface area contributed by atoms with Crippen LogP contribution in [0.25, 0.3) is 0 Å². The summed E-state index contributed by atoms with van der Waals surface area (Å²) in [6.07, 6.45) is -2.88. The molecule has 3 fully saturated rings. The lowest BCUT2D eigenvalue weighted by molar-refractivity contribution is -0.167. The molecule has 0 unspecified atom stereocenters. The minimum atomic E-state index is -0.880. The summed E-state index contributed by atoms with van der Waals surface area (Å²) >= 11 is 0. The maximum Gasteiger partial charge on any atom is 0.163 e. The molecule has 7 heteroatoms. The highest BCUT2D eigenvalue weighted by Gasteiger charge is 2.53. The van der Waals surface area contributed by atoms with E-state index in [0.717, 1.165) is 0 Å². The van der Waals surface area contributed by atoms with Gasteiger partial charge in [-0.25, -0.2) is 0 Å². The summed E-state index contributed by atoms with van der Waals surface area (Å²) in [6.45, 7) is 8.06. The summed E-state index contributed by atoms with van der Waals surface area (Å²) in [4.78, 5) is 0. The highest BCUT2D eigenvalue weighted by atomic mass is 16.8. The van der Waals surface area contributed by atoms with Gasteiger partial charge >= 0.3 is 0 Å². The molecule has 7 nitrogen and oxygen atoms in total. The predicted octanol–water partition coefficient (Wildman–Crippen LogP) is -0.648. The van der Waals surface area contributed by atoms with Crippen LogP contribution < -0.4 is 5.32 Å². The maximum atomic E-state index is 10.5. The highest BCUT2D eigenvalue weighted by molar-refractivity contribution is 5.02. The number of fused-ring (bicyclic) bond motifs is 1. The average Bonchev–Trinajstić information content (AvgIpc) is 2.88. The van der Waals surface area contributed by atoms with E-state index in [0.29, 0.717) is 13.2 Å². The van der Waals surface area contributed by atoms with E-state index in [1.54, 1.807) is 13.8 Å². The van der Waals surface area contributed by atoms with E-state index >= 15 is 0 Å². The smallest absolute Gasteiger partial charge is 0.163 e. The molecule has 0 radical (unpaired) electrons. The van der Waals surface area contributed by atoms with Crippen molar-refractivity contribution >= 4 is 0 Å². The van der Waals surface area contributed by atoms with Crippen LogP contribution in [-0.4, -0.2) is 71.5 Å². The van der Waals surface area contributed by atoms with E-state index in [4.69, 9.17) is 18.9 Å². The predicted molar refractivity (Wildman–Crippen MR) is 72.5 cm³/mol. The largest absolute Gasteiger partial charge is 0.389 e. The minimum Gasteiger partial charge on any atom is -0.389 e. The van der Waals surface area contributed by atoms with E-state index in [1.807, 2.05) is 13.8 Å². The van der Waals surface area contributed by atoms with Crippen molar-refractivity contribution in [2.75, 3.05) is 13.2 Å². The molecule has 3 aliphatic heterocycles. The van der Waals surface area contributed by atoms with Crippen molar-refractivity contribution in [3.05, 3.63) is 0 Å². The highest BCUT2D eigenvalue weighted by Crippen LogP contribution is 2.34. The first kappa shape index (κ1) is 15.6. The van der Waals surface area contributed by atoms with E-state index in [9.17, 15) is 10.2 Å². The van der Waals surface area contributed by atoms with Crippen LogP contribution in [0.1, 0.15) is 27.7 Å². The van der Waals surface area contributed by atoms with Gasteiger partial charge in [0, 0.05) is 6.54 Å². The Hall–Kier alpha value is -0.280. The Balaban J connectivity index is 1.67. The second kappa shape index (κ2) is 5.13. The third-order valence-electron chi connectivity index (χ3n) is 4.26. The molecule has 0 aromatic carbocycles. The third kappa shape index (κ3) is 2.96. The zero-order valence-electron chi connectivity index (χ0n) is 12.9. The second-order valence-corrected chi connectivity index (χ2v) is 6.92. The fourth-order valence-corrected chi connectivity index (χ4v) is 3.33. The van der Waals surface area contributed by atoms with Gasteiger partial charge in [0.1, 0.15) is 30.5 Å². The molecule has 0 spiro atoms. The summed E-state index contributed by atoms with van der Waals surface area (Å²) in [5, 5.41) is 24.2. The molecule has 3 saturated heterocycles. The van der Waals surface area contributed by atoms with Crippen LogP contribution >= 0.6 is 0 Å². The summed E-state index contributed by atoms with van der Waals surface area (Å²) in [6, 6.07) is -0.536. The van der Waals surface area contributed by atoms with Crippen LogP contribution in [0, 0.1) is 0 Å². The van der Waals surface area contributed by atoms with Gasteiger partial charge in [-0.15, -0.1) is 0 Å². The summed E-state index contributed by atoms with van der Waals surface area (Å²) in [7, 11) is 0. The molecule has 0 saturated carbocycles.